The van der Waals surface area contributed by atoms with Crippen LogP contribution in [-0.4, -0.2) is 47.6 Å². The standard InChI is InChI=1S/C16H22N4O2S/c1-11(21)20-8-7-15(18-2)14(10-20)16(17)19-12-5-4-6-13(9-12)23(3)22/h4-6,9,18H,7-8,10H2,1-3H3,(H2,17,19). The number of anilines is 1. The highest BCUT2D eigenvalue weighted by Gasteiger charge is 2.23. The molecule has 0 bridgehead atoms. The molecule has 124 valence electrons. The first-order chi connectivity index (χ1) is 10.9. The third kappa shape index (κ3) is 4.27. The van der Waals surface area contributed by atoms with Crippen LogP contribution >= 0.6 is 0 Å². The Morgan fingerprint density at radius 1 is 1.43 bits per heavy atom. The summed E-state index contributed by atoms with van der Waals surface area (Å²) in [5.41, 5.74) is 2.46. The van der Waals surface area contributed by atoms with Gasteiger partial charge in [-0.15, -0.1) is 0 Å². The molecular formula is C16H22N4O2S. The van der Waals surface area contributed by atoms with E-state index in [1.807, 2.05) is 19.2 Å². The summed E-state index contributed by atoms with van der Waals surface area (Å²) in [6.45, 7) is 2.61. The fourth-order valence-corrected chi connectivity index (χ4v) is 3.07. The van der Waals surface area contributed by atoms with E-state index in [1.54, 1.807) is 30.2 Å². The Bertz CT molecular complexity index is 643. The predicted molar refractivity (Wildman–Crippen MR) is 93.1 cm³/mol. The van der Waals surface area contributed by atoms with Gasteiger partial charge in [-0.1, -0.05) is 6.07 Å². The smallest absolute Gasteiger partial charge is 0.219 e. The van der Waals surface area contributed by atoms with Crippen LogP contribution in [0, 0.1) is 5.41 Å². The number of hydrogen-bond acceptors (Lipinski definition) is 4. The molecule has 1 aliphatic rings. The van der Waals surface area contributed by atoms with Gasteiger partial charge in [0.15, 0.2) is 4.90 Å². The Labute approximate surface area is 139 Å². The molecule has 23 heavy (non-hydrogen) atoms. The topological polar surface area (TPSA) is 91.3 Å². The highest BCUT2D eigenvalue weighted by molar-refractivity contribution is 7.90. The Kier molecular flexibility index (Phi) is 5.68. The Morgan fingerprint density at radius 2 is 2.17 bits per heavy atom. The molecule has 0 radical (unpaired) electrons. The minimum Gasteiger partial charge on any atom is -0.612 e. The van der Waals surface area contributed by atoms with Crippen molar-refractivity contribution in [2.75, 3.05) is 31.7 Å². The van der Waals surface area contributed by atoms with Gasteiger partial charge in [0.05, 0.1) is 6.54 Å². The molecule has 1 heterocycles. The van der Waals surface area contributed by atoms with Gasteiger partial charge in [-0.2, -0.15) is 0 Å². The highest BCUT2D eigenvalue weighted by Crippen LogP contribution is 2.20. The molecule has 1 amide bonds. The van der Waals surface area contributed by atoms with Gasteiger partial charge in [0.1, 0.15) is 12.1 Å². The molecule has 1 aromatic rings. The van der Waals surface area contributed by atoms with Crippen molar-refractivity contribution in [3.8, 4) is 0 Å². The molecule has 6 nitrogen and oxygen atoms in total. The summed E-state index contributed by atoms with van der Waals surface area (Å²) in [6, 6.07) is 7.20. The normalized spacial score (nSPS) is 16.1. The third-order valence-electron chi connectivity index (χ3n) is 3.83. The zero-order chi connectivity index (χ0) is 17.0. The van der Waals surface area contributed by atoms with Crippen LogP contribution in [0.1, 0.15) is 13.3 Å². The van der Waals surface area contributed by atoms with E-state index in [0.29, 0.717) is 30.1 Å². The number of benzene rings is 1. The number of carbonyl (C=O) groups is 1. The molecule has 0 fully saturated rings. The molecule has 1 aromatic carbocycles. The number of amidine groups is 1. The summed E-state index contributed by atoms with van der Waals surface area (Å²) >= 11 is -1.07. The van der Waals surface area contributed by atoms with E-state index in [2.05, 4.69) is 10.6 Å². The average molecular weight is 334 g/mol. The van der Waals surface area contributed by atoms with E-state index in [4.69, 9.17) is 5.41 Å². The van der Waals surface area contributed by atoms with Crippen LogP contribution < -0.4 is 10.6 Å². The van der Waals surface area contributed by atoms with Crippen LogP contribution in [0.15, 0.2) is 40.4 Å². The lowest BCUT2D eigenvalue weighted by Crippen LogP contribution is -2.40. The summed E-state index contributed by atoms with van der Waals surface area (Å²) in [5.74, 6) is 0.258. The van der Waals surface area contributed by atoms with Gasteiger partial charge in [-0.3, -0.25) is 10.2 Å². The van der Waals surface area contributed by atoms with Gasteiger partial charge in [-0.25, -0.2) is 0 Å². The van der Waals surface area contributed by atoms with Gasteiger partial charge in [0, 0.05) is 50.0 Å². The van der Waals surface area contributed by atoms with E-state index in [0.717, 1.165) is 11.3 Å². The molecule has 2 rings (SSSR count). The summed E-state index contributed by atoms with van der Waals surface area (Å²) in [4.78, 5) is 14.0. The zero-order valence-corrected chi connectivity index (χ0v) is 14.4. The van der Waals surface area contributed by atoms with Crippen molar-refractivity contribution in [1.29, 1.82) is 5.41 Å². The SMILES string of the molecule is CNC1=C(C(=N)Nc2cccc([S+](C)[O-])c2)CN(C(C)=O)CC1. The molecule has 7 heteroatoms. The second-order valence-corrected chi connectivity index (χ2v) is 6.76. The van der Waals surface area contributed by atoms with Crippen molar-refractivity contribution in [2.45, 2.75) is 18.2 Å². The second-order valence-electron chi connectivity index (χ2n) is 5.38. The molecule has 0 spiro atoms. The van der Waals surface area contributed by atoms with E-state index < -0.39 is 11.2 Å². The molecule has 0 aliphatic carbocycles. The number of nitrogens with zero attached hydrogens (tertiary/aromatic N) is 1. The van der Waals surface area contributed by atoms with Crippen LogP contribution in [0.25, 0.3) is 0 Å². The highest BCUT2D eigenvalue weighted by atomic mass is 32.2. The van der Waals surface area contributed by atoms with Gasteiger partial charge in [0.2, 0.25) is 5.91 Å². The summed E-state index contributed by atoms with van der Waals surface area (Å²) in [6.07, 6.45) is 2.33. The minimum absolute atomic E-state index is 0.00818. The fourth-order valence-electron chi connectivity index (χ4n) is 2.51. The minimum atomic E-state index is -1.07. The summed E-state index contributed by atoms with van der Waals surface area (Å²) < 4.78 is 11.6. The number of rotatable bonds is 4. The lowest BCUT2D eigenvalue weighted by atomic mass is 10.0. The maximum Gasteiger partial charge on any atom is 0.219 e. The van der Waals surface area contributed by atoms with Crippen LogP contribution in [-0.2, 0) is 16.0 Å². The van der Waals surface area contributed by atoms with Gasteiger partial charge < -0.3 is 20.1 Å². The predicted octanol–water partition coefficient (Wildman–Crippen LogP) is 1.54. The molecule has 1 aliphatic heterocycles. The van der Waals surface area contributed by atoms with E-state index in [9.17, 15) is 9.35 Å². The molecule has 1 unspecified atom stereocenters. The molecule has 1 atom stereocenters. The third-order valence-corrected chi connectivity index (χ3v) is 4.75. The van der Waals surface area contributed by atoms with Gasteiger partial charge in [-0.05, 0) is 23.3 Å². The largest absolute Gasteiger partial charge is 0.612 e. The molecule has 0 aromatic heterocycles. The van der Waals surface area contributed by atoms with Crippen molar-refractivity contribution >= 4 is 28.6 Å². The quantitative estimate of drug-likeness (QED) is 0.442. The van der Waals surface area contributed by atoms with E-state index in [-0.39, 0.29) is 11.7 Å². The number of amides is 1. The van der Waals surface area contributed by atoms with Crippen LogP contribution in [0.4, 0.5) is 5.69 Å². The van der Waals surface area contributed by atoms with Crippen LogP contribution in [0.3, 0.4) is 0 Å². The lowest BCUT2D eigenvalue weighted by Gasteiger charge is -2.30. The monoisotopic (exact) mass is 334 g/mol. The first-order valence-corrected chi connectivity index (χ1v) is 8.93. The molecule has 0 saturated carbocycles. The molecule has 3 N–H and O–H groups in total. The van der Waals surface area contributed by atoms with E-state index >= 15 is 0 Å². The zero-order valence-electron chi connectivity index (χ0n) is 13.6. The molecular weight excluding hydrogens is 312 g/mol. The number of carbonyl (C=O) groups excluding carboxylic acids is 1. The number of nitrogens with one attached hydrogen (secondary N) is 3. The van der Waals surface area contributed by atoms with Crippen molar-refractivity contribution in [2.24, 2.45) is 0 Å². The van der Waals surface area contributed by atoms with Crippen LogP contribution in [0.2, 0.25) is 0 Å². The maximum atomic E-state index is 11.6. The Morgan fingerprint density at radius 3 is 2.78 bits per heavy atom. The van der Waals surface area contributed by atoms with Crippen molar-refractivity contribution < 1.29 is 9.35 Å². The maximum absolute atomic E-state index is 11.6. The number of hydrogen-bond donors (Lipinski definition) is 3. The fraction of sp³-hybridized carbons (Fsp3) is 0.375. The second kappa shape index (κ2) is 7.52. The van der Waals surface area contributed by atoms with Crippen molar-refractivity contribution in [3.05, 3.63) is 35.5 Å². The first kappa shape index (κ1) is 17.4. The first-order valence-electron chi connectivity index (χ1n) is 7.37. The lowest BCUT2D eigenvalue weighted by molar-refractivity contribution is -0.128. The van der Waals surface area contributed by atoms with Gasteiger partial charge >= 0.3 is 0 Å². The van der Waals surface area contributed by atoms with Gasteiger partial charge in [0.25, 0.3) is 0 Å². The summed E-state index contributed by atoms with van der Waals surface area (Å²) in [7, 11) is 1.83. The van der Waals surface area contributed by atoms with Crippen molar-refractivity contribution in [1.82, 2.24) is 10.2 Å². The van der Waals surface area contributed by atoms with Crippen LogP contribution in [0.5, 0.6) is 0 Å². The van der Waals surface area contributed by atoms with E-state index in [1.165, 1.54) is 0 Å². The Balaban J connectivity index is 2.19. The summed E-state index contributed by atoms with van der Waals surface area (Å²) in [5, 5.41) is 14.5. The molecule has 0 saturated heterocycles. The Hall–Kier alpha value is -1.99. The average Bonchev–Trinajstić information content (AvgIpc) is 2.54. The van der Waals surface area contributed by atoms with Crippen molar-refractivity contribution in [3.63, 3.8) is 0 Å².